The smallest absolute Gasteiger partial charge is 0.244 e. The number of para-hydroxylation sites is 1. The van der Waals surface area contributed by atoms with Crippen LogP contribution in [0.3, 0.4) is 0 Å². The van der Waals surface area contributed by atoms with Crippen molar-refractivity contribution in [3.63, 3.8) is 0 Å². The zero-order valence-electron chi connectivity index (χ0n) is 18.8. The van der Waals surface area contributed by atoms with Crippen LogP contribution in [0.1, 0.15) is 23.9 Å². The molecule has 2 amide bonds. The molecule has 0 radical (unpaired) electrons. The highest BCUT2D eigenvalue weighted by molar-refractivity contribution is 7.99. The van der Waals surface area contributed by atoms with Crippen LogP contribution in [0.5, 0.6) is 0 Å². The lowest BCUT2D eigenvalue weighted by molar-refractivity contribution is -0.116. The number of hydrogen-bond acceptors (Lipinski definition) is 5. The number of amides is 2. The van der Waals surface area contributed by atoms with Gasteiger partial charge in [-0.2, -0.15) is 0 Å². The number of rotatable bonds is 11. The summed E-state index contributed by atoms with van der Waals surface area (Å²) in [5, 5.41) is 15.3. The second-order valence-corrected chi connectivity index (χ2v) is 8.57. The van der Waals surface area contributed by atoms with Crippen LogP contribution in [0.25, 0.3) is 6.08 Å². The summed E-state index contributed by atoms with van der Waals surface area (Å²) < 4.78 is 1.82. The van der Waals surface area contributed by atoms with E-state index in [-0.39, 0.29) is 24.1 Å². The van der Waals surface area contributed by atoms with Crippen molar-refractivity contribution < 1.29 is 9.59 Å². The maximum Gasteiger partial charge on any atom is 0.244 e. The van der Waals surface area contributed by atoms with E-state index in [0.717, 1.165) is 23.2 Å². The van der Waals surface area contributed by atoms with Gasteiger partial charge in [0.15, 0.2) is 11.0 Å². The largest absolute Gasteiger partial charge is 0.345 e. The molecule has 0 aliphatic rings. The predicted octanol–water partition coefficient (Wildman–Crippen LogP) is 4.74. The third-order valence-corrected chi connectivity index (χ3v) is 6.16. The number of carbonyl (C=O) groups is 2. The number of nitrogens with zero attached hydrogens (tertiary/aromatic N) is 3. The number of aromatic nitrogens is 3. The van der Waals surface area contributed by atoms with E-state index in [9.17, 15) is 9.59 Å². The van der Waals surface area contributed by atoms with Crippen LogP contribution in [0.2, 0.25) is 5.02 Å². The van der Waals surface area contributed by atoms with Gasteiger partial charge in [-0.25, -0.2) is 0 Å². The van der Waals surface area contributed by atoms with Crippen molar-refractivity contribution in [2.45, 2.75) is 31.6 Å². The summed E-state index contributed by atoms with van der Waals surface area (Å²) in [7, 11) is 0. The van der Waals surface area contributed by atoms with Crippen molar-refractivity contribution in [3.8, 4) is 0 Å². The monoisotopic (exact) mass is 495 g/mol. The van der Waals surface area contributed by atoms with Gasteiger partial charge in [0.05, 0.1) is 12.3 Å². The average molecular weight is 496 g/mol. The van der Waals surface area contributed by atoms with Crippen molar-refractivity contribution >= 4 is 46.9 Å². The number of nitrogens with one attached hydrogen (secondary N) is 2. The Morgan fingerprint density at radius 1 is 1.15 bits per heavy atom. The molecule has 0 atom stereocenters. The van der Waals surface area contributed by atoms with Gasteiger partial charge >= 0.3 is 0 Å². The molecule has 3 aromatic rings. The quantitative estimate of drug-likeness (QED) is 0.228. The molecule has 3 rings (SSSR count). The van der Waals surface area contributed by atoms with Gasteiger partial charge in [-0.05, 0) is 35.8 Å². The molecule has 0 aliphatic heterocycles. The van der Waals surface area contributed by atoms with E-state index in [2.05, 4.69) is 27.4 Å². The highest BCUT2D eigenvalue weighted by Crippen LogP contribution is 2.20. The van der Waals surface area contributed by atoms with Gasteiger partial charge in [-0.3, -0.25) is 9.59 Å². The molecule has 0 aliphatic carbocycles. The molecule has 9 heteroatoms. The Hall–Kier alpha value is -3.36. The minimum atomic E-state index is -0.281. The van der Waals surface area contributed by atoms with E-state index in [0.29, 0.717) is 22.5 Å². The number of halogens is 1. The first kappa shape index (κ1) is 25.3. The fraction of sp³-hybridized carbons (Fsp3) is 0.200. The van der Waals surface area contributed by atoms with Crippen LogP contribution in [-0.2, 0) is 29.1 Å². The molecule has 1 heterocycles. The van der Waals surface area contributed by atoms with Gasteiger partial charge in [0.25, 0.3) is 0 Å². The van der Waals surface area contributed by atoms with Crippen LogP contribution in [-0.4, -0.2) is 32.3 Å². The average Bonchev–Trinajstić information content (AvgIpc) is 3.23. The molecule has 34 heavy (non-hydrogen) atoms. The van der Waals surface area contributed by atoms with Gasteiger partial charge in [-0.15, -0.1) is 16.8 Å². The highest BCUT2D eigenvalue weighted by atomic mass is 35.5. The van der Waals surface area contributed by atoms with Gasteiger partial charge in [0.1, 0.15) is 0 Å². The van der Waals surface area contributed by atoms with Gasteiger partial charge < -0.3 is 15.2 Å². The SMILES string of the molecule is C=CCn1c(CNC(=O)C=Cc2ccccc2Cl)nnc1SCC(=O)Nc1ccccc1CC. The summed E-state index contributed by atoms with van der Waals surface area (Å²) >= 11 is 7.39. The third kappa shape index (κ3) is 7.07. The van der Waals surface area contributed by atoms with Crippen molar-refractivity contribution in [2.75, 3.05) is 11.1 Å². The molecule has 0 fully saturated rings. The third-order valence-electron chi connectivity index (χ3n) is 4.85. The van der Waals surface area contributed by atoms with E-state index in [1.807, 2.05) is 54.0 Å². The fourth-order valence-corrected chi connectivity index (χ4v) is 4.10. The van der Waals surface area contributed by atoms with Crippen LogP contribution in [0.4, 0.5) is 5.69 Å². The molecular weight excluding hydrogens is 470 g/mol. The number of thioether (sulfide) groups is 1. The zero-order chi connectivity index (χ0) is 24.3. The molecule has 176 valence electrons. The molecule has 0 spiro atoms. The highest BCUT2D eigenvalue weighted by Gasteiger charge is 2.14. The summed E-state index contributed by atoms with van der Waals surface area (Å²) in [6, 6.07) is 15.0. The second kappa shape index (κ2) is 12.8. The zero-order valence-corrected chi connectivity index (χ0v) is 20.4. The lowest BCUT2D eigenvalue weighted by Gasteiger charge is -2.10. The number of anilines is 1. The van der Waals surface area contributed by atoms with Crippen molar-refractivity contribution in [3.05, 3.63) is 89.2 Å². The van der Waals surface area contributed by atoms with E-state index >= 15 is 0 Å². The Morgan fingerprint density at radius 2 is 1.91 bits per heavy atom. The normalized spacial score (nSPS) is 10.9. The van der Waals surface area contributed by atoms with Gasteiger partial charge in [-0.1, -0.05) is 72.8 Å². The number of aryl methyl sites for hydroxylation is 1. The first-order valence-corrected chi connectivity index (χ1v) is 12.1. The molecule has 2 N–H and O–H groups in total. The summed E-state index contributed by atoms with van der Waals surface area (Å²) in [4.78, 5) is 24.7. The number of allylic oxidation sites excluding steroid dienone is 1. The maximum absolute atomic E-state index is 12.5. The van der Waals surface area contributed by atoms with Crippen molar-refractivity contribution in [1.82, 2.24) is 20.1 Å². The Labute approximate surface area is 208 Å². The number of carbonyl (C=O) groups excluding carboxylic acids is 2. The molecule has 0 saturated carbocycles. The van der Waals surface area contributed by atoms with E-state index in [1.165, 1.54) is 17.8 Å². The lowest BCUT2D eigenvalue weighted by Crippen LogP contribution is -2.23. The second-order valence-electron chi connectivity index (χ2n) is 7.22. The predicted molar refractivity (Wildman–Crippen MR) is 138 cm³/mol. The minimum Gasteiger partial charge on any atom is -0.345 e. The van der Waals surface area contributed by atoms with Crippen LogP contribution < -0.4 is 10.6 Å². The number of hydrogen-bond donors (Lipinski definition) is 2. The summed E-state index contributed by atoms with van der Waals surface area (Å²) in [5.74, 6) is 0.341. The Bertz CT molecular complexity index is 1190. The Balaban J connectivity index is 1.58. The molecule has 0 saturated heterocycles. The van der Waals surface area contributed by atoms with Crippen LogP contribution in [0, 0.1) is 0 Å². The lowest BCUT2D eigenvalue weighted by atomic mass is 10.1. The standard InChI is InChI=1S/C25H26ClN5O2S/c1-3-15-31-22(16-27-23(32)14-13-19-10-5-7-11-20(19)26)29-30-25(31)34-17-24(33)28-21-12-8-6-9-18(21)4-2/h3,5-14H,1,4,15-17H2,2H3,(H,27,32)(H,28,33). The summed E-state index contributed by atoms with van der Waals surface area (Å²) in [6.45, 7) is 6.46. The maximum atomic E-state index is 12.5. The first-order valence-electron chi connectivity index (χ1n) is 10.8. The van der Waals surface area contributed by atoms with Crippen molar-refractivity contribution in [1.29, 1.82) is 0 Å². The summed E-state index contributed by atoms with van der Waals surface area (Å²) in [6.07, 6.45) is 5.62. The molecule has 0 bridgehead atoms. The number of benzene rings is 2. The molecular formula is C25H26ClN5O2S. The van der Waals surface area contributed by atoms with E-state index in [4.69, 9.17) is 11.6 Å². The molecule has 1 aromatic heterocycles. The van der Waals surface area contributed by atoms with Crippen LogP contribution >= 0.6 is 23.4 Å². The Morgan fingerprint density at radius 3 is 2.68 bits per heavy atom. The molecule has 2 aromatic carbocycles. The Kier molecular flexibility index (Phi) is 9.49. The molecule has 7 nitrogen and oxygen atoms in total. The molecule has 0 unspecified atom stereocenters. The van der Waals surface area contributed by atoms with E-state index < -0.39 is 0 Å². The first-order chi connectivity index (χ1) is 16.5. The van der Waals surface area contributed by atoms with E-state index in [1.54, 1.807) is 18.2 Å². The van der Waals surface area contributed by atoms with Gasteiger partial charge in [0, 0.05) is 23.3 Å². The van der Waals surface area contributed by atoms with Crippen LogP contribution in [0.15, 0.2) is 72.4 Å². The van der Waals surface area contributed by atoms with Gasteiger partial charge in [0.2, 0.25) is 11.8 Å². The van der Waals surface area contributed by atoms with Crippen molar-refractivity contribution in [2.24, 2.45) is 0 Å². The fourth-order valence-electron chi connectivity index (χ4n) is 3.14. The summed E-state index contributed by atoms with van der Waals surface area (Å²) in [5.41, 5.74) is 2.65. The minimum absolute atomic E-state index is 0.126. The topological polar surface area (TPSA) is 88.9 Å².